The van der Waals surface area contributed by atoms with E-state index in [1.165, 1.54) is 6.07 Å². The van der Waals surface area contributed by atoms with Gasteiger partial charge in [-0.15, -0.1) is 0 Å². The zero-order chi connectivity index (χ0) is 14.1. The maximum atomic E-state index is 13.7. The quantitative estimate of drug-likeness (QED) is 0.833. The normalized spacial score (nSPS) is 17.2. The number of nitrogens with one attached hydrogen (secondary N) is 1. The first-order valence-electron chi connectivity index (χ1n) is 6.11. The lowest BCUT2D eigenvalue weighted by atomic mass is 10.0. The highest BCUT2D eigenvalue weighted by Gasteiger charge is 2.24. The average Bonchev–Trinajstić information content (AvgIpc) is 2.39. The highest BCUT2D eigenvalue weighted by molar-refractivity contribution is 6.29. The Morgan fingerprint density at radius 1 is 1.40 bits per heavy atom. The molecule has 0 saturated carbocycles. The lowest BCUT2D eigenvalue weighted by molar-refractivity contribution is 0.260. The van der Waals surface area contributed by atoms with Crippen LogP contribution in [0.4, 0.5) is 16.2 Å². The minimum Gasteiger partial charge on any atom is -0.490 e. The summed E-state index contributed by atoms with van der Waals surface area (Å²) >= 11 is 5.84. The van der Waals surface area contributed by atoms with Gasteiger partial charge in [0.05, 0.1) is 12.6 Å². The number of rotatable bonds is 2. The van der Waals surface area contributed by atoms with Crippen molar-refractivity contribution in [1.82, 2.24) is 9.97 Å². The van der Waals surface area contributed by atoms with Crippen LogP contribution in [0.1, 0.15) is 18.0 Å². The first kappa shape index (κ1) is 12.9. The lowest BCUT2D eigenvalue weighted by Crippen LogP contribution is -2.21. The average molecular weight is 295 g/mol. The molecule has 1 atom stereocenters. The highest BCUT2D eigenvalue weighted by Crippen LogP contribution is 2.35. The standard InChI is InChI=1S/C13H12ClFN4O/c14-10-6-11(19-13(16)18-10)17-9-4-5-20-12-7(9)2-1-3-8(12)15/h1-3,6,9H,4-5H2,(H3,16,17,18,19)/t9-/m0/s1. The third-order valence-corrected chi connectivity index (χ3v) is 3.25. The molecule has 0 bridgehead atoms. The van der Waals surface area contributed by atoms with Gasteiger partial charge < -0.3 is 15.8 Å². The molecule has 3 N–H and O–H groups in total. The first-order valence-corrected chi connectivity index (χ1v) is 6.49. The molecule has 1 aromatic carbocycles. The van der Waals surface area contributed by atoms with Crippen molar-refractivity contribution in [1.29, 1.82) is 0 Å². The van der Waals surface area contributed by atoms with Crippen LogP contribution in [0.2, 0.25) is 5.15 Å². The van der Waals surface area contributed by atoms with Crippen LogP contribution in [0, 0.1) is 5.82 Å². The van der Waals surface area contributed by atoms with Gasteiger partial charge in [0.2, 0.25) is 5.95 Å². The fourth-order valence-corrected chi connectivity index (χ4v) is 2.41. The summed E-state index contributed by atoms with van der Waals surface area (Å²) in [5.41, 5.74) is 6.31. The SMILES string of the molecule is Nc1nc(Cl)cc(N[C@H]2CCOc3c(F)cccc32)n1. The molecule has 20 heavy (non-hydrogen) atoms. The Hall–Kier alpha value is -2.08. The van der Waals surface area contributed by atoms with Crippen LogP contribution in [0.5, 0.6) is 5.75 Å². The third kappa shape index (κ3) is 2.46. The number of nitrogen functional groups attached to an aromatic ring is 1. The van der Waals surface area contributed by atoms with Crippen molar-refractivity contribution in [3.05, 3.63) is 40.8 Å². The topological polar surface area (TPSA) is 73.1 Å². The summed E-state index contributed by atoms with van der Waals surface area (Å²) in [4.78, 5) is 7.85. The van der Waals surface area contributed by atoms with Gasteiger partial charge in [0.15, 0.2) is 11.6 Å². The number of nitrogens with zero attached hydrogens (tertiary/aromatic N) is 2. The molecule has 0 fully saturated rings. The van der Waals surface area contributed by atoms with Crippen molar-refractivity contribution < 1.29 is 9.13 Å². The summed E-state index contributed by atoms with van der Waals surface area (Å²) in [6.07, 6.45) is 0.692. The van der Waals surface area contributed by atoms with Crippen molar-refractivity contribution in [2.75, 3.05) is 17.7 Å². The molecule has 5 nitrogen and oxygen atoms in total. The molecule has 0 radical (unpaired) electrons. The number of para-hydroxylation sites is 1. The fraction of sp³-hybridized carbons (Fsp3) is 0.231. The molecule has 0 amide bonds. The minimum absolute atomic E-state index is 0.0894. The van der Waals surface area contributed by atoms with Gasteiger partial charge in [-0.25, -0.2) is 9.37 Å². The van der Waals surface area contributed by atoms with Crippen LogP contribution in [0.25, 0.3) is 0 Å². The number of aromatic nitrogens is 2. The Labute approximate surface area is 119 Å². The van der Waals surface area contributed by atoms with Crippen molar-refractivity contribution in [2.45, 2.75) is 12.5 Å². The van der Waals surface area contributed by atoms with Crippen molar-refractivity contribution in [3.63, 3.8) is 0 Å². The predicted octanol–water partition coefficient (Wildman–Crippen LogP) is 2.79. The van der Waals surface area contributed by atoms with Gasteiger partial charge in [0.25, 0.3) is 0 Å². The minimum atomic E-state index is -0.366. The number of ether oxygens (including phenoxy) is 1. The van der Waals surface area contributed by atoms with Gasteiger partial charge in [-0.05, 0) is 6.07 Å². The van der Waals surface area contributed by atoms with Crippen molar-refractivity contribution in [3.8, 4) is 5.75 Å². The van der Waals surface area contributed by atoms with Gasteiger partial charge in [0.1, 0.15) is 11.0 Å². The Morgan fingerprint density at radius 2 is 2.25 bits per heavy atom. The number of fused-ring (bicyclic) bond motifs is 1. The molecule has 2 aromatic rings. The van der Waals surface area contributed by atoms with E-state index in [0.717, 1.165) is 5.56 Å². The van der Waals surface area contributed by atoms with Crippen LogP contribution < -0.4 is 15.8 Å². The summed E-state index contributed by atoms with van der Waals surface area (Å²) in [5.74, 6) is 0.509. The van der Waals surface area contributed by atoms with E-state index < -0.39 is 0 Å². The van der Waals surface area contributed by atoms with E-state index in [9.17, 15) is 4.39 Å². The maximum absolute atomic E-state index is 13.7. The molecule has 0 unspecified atom stereocenters. The van der Waals surface area contributed by atoms with Gasteiger partial charge in [-0.1, -0.05) is 23.7 Å². The monoisotopic (exact) mass is 294 g/mol. The number of halogens is 2. The predicted molar refractivity (Wildman–Crippen MR) is 74.3 cm³/mol. The Morgan fingerprint density at radius 3 is 3.05 bits per heavy atom. The second-order valence-corrected chi connectivity index (χ2v) is 4.81. The maximum Gasteiger partial charge on any atom is 0.223 e. The number of nitrogens with two attached hydrogens (primary N) is 1. The second-order valence-electron chi connectivity index (χ2n) is 4.43. The van der Waals surface area contributed by atoms with Crippen LogP contribution >= 0.6 is 11.6 Å². The zero-order valence-electron chi connectivity index (χ0n) is 10.4. The molecule has 2 heterocycles. The number of anilines is 2. The molecule has 1 aliphatic rings. The van der Waals surface area contributed by atoms with E-state index in [4.69, 9.17) is 22.1 Å². The van der Waals surface area contributed by atoms with Crippen LogP contribution in [0.3, 0.4) is 0 Å². The van der Waals surface area contributed by atoms with E-state index >= 15 is 0 Å². The molecular formula is C13H12ClFN4O. The van der Waals surface area contributed by atoms with Crippen molar-refractivity contribution >= 4 is 23.4 Å². The molecule has 104 valence electrons. The van der Waals surface area contributed by atoms with Gasteiger partial charge >= 0.3 is 0 Å². The summed E-state index contributed by atoms with van der Waals surface area (Å²) in [6, 6.07) is 6.31. The number of hydrogen-bond acceptors (Lipinski definition) is 5. The lowest BCUT2D eigenvalue weighted by Gasteiger charge is -2.27. The molecule has 1 aliphatic heterocycles. The van der Waals surface area contributed by atoms with Gasteiger partial charge in [-0.3, -0.25) is 0 Å². The largest absolute Gasteiger partial charge is 0.490 e. The fourth-order valence-electron chi connectivity index (χ4n) is 2.22. The zero-order valence-corrected chi connectivity index (χ0v) is 11.2. The summed E-state index contributed by atoms with van der Waals surface area (Å²) in [6.45, 7) is 0.430. The van der Waals surface area contributed by atoms with E-state index in [-0.39, 0.29) is 28.7 Å². The molecule has 0 aliphatic carbocycles. The summed E-state index contributed by atoms with van der Waals surface area (Å²) in [7, 11) is 0. The summed E-state index contributed by atoms with van der Waals surface area (Å²) < 4.78 is 19.1. The van der Waals surface area contributed by atoms with Gasteiger partial charge in [0, 0.05) is 18.1 Å². The van der Waals surface area contributed by atoms with Crippen LogP contribution in [-0.4, -0.2) is 16.6 Å². The summed E-state index contributed by atoms with van der Waals surface area (Å²) in [5, 5.41) is 3.44. The Kier molecular flexibility index (Phi) is 3.31. The van der Waals surface area contributed by atoms with E-state index in [1.807, 2.05) is 6.07 Å². The van der Waals surface area contributed by atoms with E-state index in [1.54, 1.807) is 12.1 Å². The Bertz CT molecular complexity index is 632. The molecule has 7 heteroatoms. The van der Waals surface area contributed by atoms with Crippen molar-refractivity contribution in [2.24, 2.45) is 0 Å². The second kappa shape index (κ2) is 5.13. The molecule has 1 aromatic heterocycles. The highest BCUT2D eigenvalue weighted by atomic mass is 35.5. The van der Waals surface area contributed by atoms with Crippen LogP contribution in [0.15, 0.2) is 24.3 Å². The third-order valence-electron chi connectivity index (χ3n) is 3.06. The molecular weight excluding hydrogens is 283 g/mol. The number of hydrogen-bond donors (Lipinski definition) is 2. The smallest absolute Gasteiger partial charge is 0.223 e. The Balaban J connectivity index is 1.91. The number of benzene rings is 1. The molecule has 3 rings (SSSR count). The van der Waals surface area contributed by atoms with E-state index in [0.29, 0.717) is 18.8 Å². The molecule has 0 spiro atoms. The van der Waals surface area contributed by atoms with Gasteiger partial charge in [-0.2, -0.15) is 4.98 Å². The van der Waals surface area contributed by atoms with E-state index in [2.05, 4.69) is 15.3 Å². The van der Waals surface area contributed by atoms with Crippen LogP contribution in [-0.2, 0) is 0 Å². The first-order chi connectivity index (χ1) is 9.63. The molecule has 0 saturated heterocycles.